The van der Waals surface area contributed by atoms with E-state index in [2.05, 4.69) is 9.97 Å². The Labute approximate surface area is 157 Å². The summed E-state index contributed by atoms with van der Waals surface area (Å²) >= 11 is 0. The highest BCUT2D eigenvalue weighted by molar-refractivity contribution is 6.58. The number of carbonyl (C=O) groups excluding carboxylic acids is 1. The number of aromatic amines is 1. The lowest BCUT2D eigenvalue weighted by atomic mass is 9.80. The molecule has 0 saturated carbocycles. The highest BCUT2D eigenvalue weighted by Gasteiger charge is 2.40. The van der Waals surface area contributed by atoms with Gasteiger partial charge in [0.15, 0.2) is 0 Å². The second kappa shape index (κ2) is 7.32. The lowest BCUT2D eigenvalue weighted by Crippen LogP contribution is -2.37. The molecule has 2 atom stereocenters. The number of nitrogens with zero attached hydrogens (tertiary/aromatic N) is 2. The highest BCUT2D eigenvalue weighted by Crippen LogP contribution is 2.34. The van der Waals surface area contributed by atoms with Gasteiger partial charge in [0, 0.05) is 6.42 Å². The van der Waals surface area contributed by atoms with Gasteiger partial charge in [-0.3, -0.25) is 4.90 Å². The van der Waals surface area contributed by atoms with Crippen molar-refractivity contribution in [2.45, 2.75) is 45.0 Å². The van der Waals surface area contributed by atoms with Crippen LogP contribution in [0.5, 0.6) is 0 Å². The number of aromatic nitrogens is 2. The van der Waals surface area contributed by atoms with Crippen LogP contribution in [0.3, 0.4) is 0 Å². The topological polar surface area (TPSA) is 98.7 Å². The normalized spacial score (nSPS) is 20.0. The Bertz CT molecular complexity index is 804. The van der Waals surface area contributed by atoms with Gasteiger partial charge in [-0.15, -0.1) is 0 Å². The van der Waals surface area contributed by atoms with Crippen molar-refractivity contribution in [1.82, 2.24) is 14.9 Å². The zero-order chi connectivity index (χ0) is 19.8. The smallest absolute Gasteiger partial charge is 0.444 e. The number of carbonyl (C=O) groups is 1. The number of alkyl halides is 1. The van der Waals surface area contributed by atoms with Crippen LogP contribution in [0.4, 0.5) is 9.18 Å². The van der Waals surface area contributed by atoms with Gasteiger partial charge >= 0.3 is 13.2 Å². The molecule has 1 amide bonds. The van der Waals surface area contributed by atoms with Crippen LogP contribution in [-0.4, -0.2) is 56.4 Å². The first-order valence-corrected chi connectivity index (χ1v) is 8.79. The minimum atomic E-state index is -1.53. The fourth-order valence-electron chi connectivity index (χ4n) is 3.05. The summed E-state index contributed by atoms with van der Waals surface area (Å²) in [6.07, 6.45) is 0.0636. The minimum Gasteiger partial charge on any atom is -0.444 e. The summed E-state index contributed by atoms with van der Waals surface area (Å²) in [5.41, 5.74) is 1.20. The van der Waals surface area contributed by atoms with Crippen LogP contribution in [-0.2, 0) is 4.74 Å². The lowest BCUT2D eigenvalue weighted by Gasteiger charge is -2.27. The number of halogens is 1. The Hall–Kier alpha value is -2.39. The lowest BCUT2D eigenvalue weighted by molar-refractivity contribution is 0.0211. The number of H-pyrrole nitrogens is 1. The molecule has 0 bridgehead atoms. The van der Waals surface area contributed by atoms with E-state index < -0.39 is 31.0 Å². The summed E-state index contributed by atoms with van der Waals surface area (Å²) in [6.45, 7) is 5.27. The standard InChI is InChI=1S/C18H23BFN3O4/c1-18(2,3)27-17(24)23-10-13(20)8-15(23)16-21-9-14(22-16)11-4-6-12(7-5-11)19(25)26/h4-7,9,13,15,25-26H,8,10H2,1-3H3,(H,21,22)/t13-,15-/m0/s1. The maximum atomic E-state index is 14.0. The summed E-state index contributed by atoms with van der Waals surface area (Å²) in [4.78, 5) is 21.2. The Morgan fingerprint density at radius 1 is 1.33 bits per heavy atom. The molecule has 0 spiro atoms. The number of ether oxygens (including phenoxy) is 1. The summed E-state index contributed by atoms with van der Waals surface area (Å²) in [5, 5.41) is 18.3. The number of likely N-dealkylation sites (tertiary alicyclic amines) is 1. The van der Waals surface area contributed by atoms with Crippen LogP contribution in [0, 0.1) is 0 Å². The van der Waals surface area contributed by atoms with Gasteiger partial charge < -0.3 is 19.8 Å². The van der Waals surface area contributed by atoms with Gasteiger partial charge in [-0.25, -0.2) is 14.2 Å². The fourth-order valence-corrected chi connectivity index (χ4v) is 3.05. The first kappa shape index (κ1) is 19.4. The first-order valence-electron chi connectivity index (χ1n) is 8.79. The van der Waals surface area contributed by atoms with E-state index in [1.807, 2.05) is 0 Å². The molecule has 0 unspecified atom stereocenters. The molecule has 9 heteroatoms. The fraction of sp³-hybridized carbons (Fsp3) is 0.444. The monoisotopic (exact) mass is 375 g/mol. The predicted molar refractivity (Wildman–Crippen MR) is 99.0 cm³/mol. The van der Waals surface area contributed by atoms with Crippen molar-refractivity contribution >= 4 is 18.7 Å². The van der Waals surface area contributed by atoms with E-state index in [9.17, 15) is 9.18 Å². The molecule has 3 N–H and O–H groups in total. The van der Waals surface area contributed by atoms with E-state index >= 15 is 0 Å². The molecule has 1 aromatic carbocycles. The third kappa shape index (κ3) is 4.48. The van der Waals surface area contributed by atoms with Crippen molar-refractivity contribution in [3.05, 3.63) is 36.3 Å². The van der Waals surface area contributed by atoms with Gasteiger partial charge in [-0.1, -0.05) is 24.3 Å². The molecule has 27 heavy (non-hydrogen) atoms. The predicted octanol–water partition coefficient (Wildman–Crippen LogP) is 1.78. The minimum absolute atomic E-state index is 0.0291. The van der Waals surface area contributed by atoms with E-state index in [1.54, 1.807) is 51.2 Å². The van der Waals surface area contributed by atoms with Crippen molar-refractivity contribution in [1.29, 1.82) is 0 Å². The molecule has 2 aromatic rings. The second-order valence-corrected chi connectivity index (χ2v) is 7.66. The molecular weight excluding hydrogens is 352 g/mol. The van der Waals surface area contributed by atoms with Crippen LogP contribution in [0.15, 0.2) is 30.5 Å². The average molecular weight is 375 g/mol. The molecule has 0 radical (unpaired) electrons. The summed E-state index contributed by atoms with van der Waals surface area (Å²) in [5.74, 6) is 0.488. The van der Waals surface area contributed by atoms with Gasteiger partial charge in [0.25, 0.3) is 0 Å². The van der Waals surface area contributed by atoms with Gasteiger partial charge in [0.05, 0.1) is 24.5 Å². The largest absolute Gasteiger partial charge is 0.488 e. The van der Waals surface area contributed by atoms with Crippen LogP contribution >= 0.6 is 0 Å². The molecule has 0 aliphatic carbocycles. The van der Waals surface area contributed by atoms with E-state index in [0.29, 0.717) is 17.0 Å². The maximum Gasteiger partial charge on any atom is 0.488 e. The SMILES string of the molecule is CC(C)(C)OC(=O)N1C[C@@H](F)C[C@H]1c1ncc(-c2ccc(B(O)O)cc2)[nH]1. The van der Waals surface area contributed by atoms with Crippen molar-refractivity contribution in [2.24, 2.45) is 0 Å². The number of hydrogen-bond donors (Lipinski definition) is 3. The molecular formula is C18H23BFN3O4. The average Bonchev–Trinajstić information content (AvgIpc) is 3.20. The molecule has 3 rings (SSSR count). The van der Waals surface area contributed by atoms with Crippen molar-refractivity contribution in [3.8, 4) is 11.3 Å². The number of hydrogen-bond acceptors (Lipinski definition) is 5. The summed E-state index contributed by atoms with van der Waals surface area (Å²) in [6, 6.07) is 6.12. The number of rotatable bonds is 3. The maximum absolute atomic E-state index is 14.0. The van der Waals surface area contributed by atoms with E-state index in [1.165, 1.54) is 4.90 Å². The second-order valence-electron chi connectivity index (χ2n) is 7.66. The number of amides is 1. The van der Waals surface area contributed by atoms with E-state index in [-0.39, 0.29) is 13.0 Å². The Balaban J connectivity index is 1.80. The highest BCUT2D eigenvalue weighted by atomic mass is 19.1. The quantitative estimate of drug-likeness (QED) is 0.711. The molecule has 1 saturated heterocycles. The van der Waals surface area contributed by atoms with Crippen molar-refractivity contribution in [3.63, 3.8) is 0 Å². The molecule has 144 valence electrons. The Morgan fingerprint density at radius 3 is 2.59 bits per heavy atom. The third-order valence-corrected chi connectivity index (χ3v) is 4.31. The number of imidazole rings is 1. The molecule has 1 aliphatic heterocycles. The summed E-state index contributed by atoms with van der Waals surface area (Å²) < 4.78 is 19.4. The van der Waals surface area contributed by atoms with Gasteiger partial charge in [-0.2, -0.15) is 0 Å². The van der Waals surface area contributed by atoms with E-state index in [4.69, 9.17) is 14.8 Å². The molecule has 2 heterocycles. The van der Waals surface area contributed by atoms with Crippen LogP contribution in [0.1, 0.15) is 39.1 Å². The molecule has 1 aliphatic rings. The van der Waals surface area contributed by atoms with Gasteiger partial charge in [-0.05, 0) is 31.8 Å². The van der Waals surface area contributed by atoms with Crippen molar-refractivity contribution in [2.75, 3.05) is 6.54 Å². The molecule has 1 aromatic heterocycles. The number of benzene rings is 1. The zero-order valence-corrected chi connectivity index (χ0v) is 15.5. The van der Waals surface area contributed by atoms with Crippen molar-refractivity contribution < 1.29 is 24.0 Å². The summed E-state index contributed by atoms with van der Waals surface area (Å²) in [7, 11) is -1.53. The number of nitrogens with one attached hydrogen (secondary N) is 1. The van der Waals surface area contributed by atoms with Gasteiger partial charge in [0.2, 0.25) is 0 Å². The molecule has 1 fully saturated rings. The Morgan fingerprint density at radius 2 is 2.00 bits per heavy atom. The third-order valence-electron chi connectivity index (χ3n) is 4.31. The van der Waals surface area contributed by atoms with Gasteiger partial charge in [0.1, 0.15) is 17.6 Å². The first-order chi connectivity index (χ1) is 12.6. The molecule has 7 nitrogen and oxygen atoms in total. The zero-order valence-electron chi connectivity index (χ0n) is 15.5. The van der Waals surface area contributed by atoms with E-state index in [0.717, 1.165) is 5.56 Å². The Kier molecular flexibility index (Phi) is 5.25. The van der Waals surface area contributed by atoms with Crippen LogP contribution in [0.2, 0.25) is 0 Å². The van der Waals surface area contributed by atoms with Crippen LogP contribution in [0.25, 0.3) is 11.3 Å². The van der Waals surface area contributed by atoms with Crippen LogP contribution < -0.4 is 5.46 Å².